The Hall–Kier alpha value is -1.43. The highest BCUT2D eigenvalue weighted by Gasteiger charge is 2.29. The van der Waals surface area contributed by atoms with E-state index >= 15 is 0 Å². The number of methoxy groups -OCH3 is 1. The molecule has 1 fully saturated rings. The molecule has 0 amide bonds. The predicted molar refractivity (Wildman–Crippen MR) is 91.3 cm³/mol. The Bertz CT molecular complexity index is 530. The van der Waals surface area contributed by atoms with Crippen LogP contribution in [0.2, 0.25) is 0 Å². The van der Waals surface area contributed by atoms with Crippen molar-refractivity contribution >= 4 is 17.7 Å². The van der Waals surface area contributed by atoms with Gasteiger partial charge in [0.2, 0.25) is 0 Å². The lowest BCUT2D eigenvalue weighted by atomic mass is 10.1. The molecule has 0 bridgehead atoms. The molecule has 22 heavy (non-hydrogen) atoms. The highest BCUT2D eigenvalue weighted by molar-refractivity contribution is 8.00. The van der Waals surface area contributed by atoms with Crippen LogP contribution in [0.3, 0.4) is 0 Å². The van der Waals surface area contributed by atoms with E-state index in [4.69, 9.17) is 4.74 Å². The molecular weight excluding hydrogens is 301 g/mol. The van der Waals surface area contributed by atoms with Gasteiger partial charge in [-0.1, -0.05) is 6.07 Å². The smallest absolute Gasteiger partial charge is 0.191 e. The maximum atomic E-state index is 13.7. The van der Waals surface area contributed by atoms with E-state index in [1.165, 1.54) is 31.8 Å². The van der Waals surface area contributed by atoms with Crippen LogP contribution in [0.25, 0.3) is 0 Å². The van der Waals surface area contributed by atoms with E-state index in [0.29, 0.717) is 6.54 Å². The molecule has 1 aromatic rings. The molecule has 0 saturated carbocycles. The first kappa shape index (κ1) is 16.9. The molecule has 0 aromatic heterocycles. The SMILES string of the molecule is CN=C(NCc1ccc(OC)c(F)c1)NCC1(C)CCCS1. The Balaban J connectivity index is 1.84. The van der Waals surface area contributed by atoms with Crippen LogP contribution in [0.4, 0.5) is 4.39 Å². The topological polar surface area (TPSA) is 45.7 Å². The molecule has 1 atom stereocenters. The fourth-order valence-corrected chi connectivity index (χ4v) is 3.72. The molecule has 2 rings (SSSR count). The molecule has 6 heteroatoms. The molecule has 1 aliphatic rings. The van der Waals surface area contributed by atoms with Gasteiger partial charge in [0, 0.05) is 24.9 Å². The third-order valence-electron chi connectivity index (χ3n) is 3.83. The van der Waals surface area contributed by atoms with Gasteiger partial charge in [-0.3, -0.25) is 4.99 Å². The zero-order chi connectivity index (χ0) is 16.0. The van der Waals surface area contributed by atoms with Crippen molar-refractivity contribution in [3.8, 4) is 5.75 Å². The van der Waals surface area contributed by atoms with Crippen molar-refractivity contribution in [1.29, 1.82) is 0 Å². The number of aliphatic imine (C=N–C) groups is 1. The number of ether oxygens (including phenoxy) is 1. The van der Waals surface area contributed by atoms with E-state index in [9.17, 15) is 4.39 Å². The van der Waals surface area contributed by atoms with Gasteiger partial charge in [0.05, 0.1) is 7.11 Å². The molecule has 0 spiro atoms. The number of nitrogens with one attached hydrogen (secondary N) is 2. The van der Waals surface area contributed by atoms with E-state index in [0.717, 1.165) is 18.1 Å². The number of thioether (sulfide) groups is 1. The van der Waals surface area contributed by atoms with E-state index in [-0.39, 0.29) is 16.3 Å². The standard InChI is InChI=1S/C16H24FN3OS/c1-16(7-4-8-22-16)11-20-15(18-2)19-10-12-5-6-14(21-3)13(17)9-12/h5-6,9H,4,7-8,10-11H2,1-3H3,(H2,18,19,20). The minimum absolute atomic E-state index is 0.262. The normalized spacial score (nSPS) is 21.7. The molecule has 0 radical (unpaired) electrons. The van der Waals surface area contributed by atoms with Gasteiger partial charge in [0.15, 0.2) is 17.5 Å². The number of rotatable bonds is 5. The molecule has 1 saturated heterocycles. The third kappa shape index (κ3) is 4.53. The van der Waals surface area contributed by atoms with Crippen LogP contribution in [-0.2, 0) is 6.54 Å². The largest absolute Gasteiger partial charge is 0.494 e. The van der Waals surface area contributed by atoms with Gasteiger partial charge in [-0.25, -0.2) is 4.39 Å². The average Bonchev–Trinajstić information content (AvgIpc) is 2.94. The van der Waals surface area contributed by atoms with Gasteiger partial charge >= 0.3 is 0 Å². The van der Waals surface area contributed by atoms with Gasteiger partial charge in [-0.2, -0.15) is 11.8 Å². The summed E-state index contributed by atoms with van der Waals surface area (Å²) in [6.07, 6.45) is 2.51. The number of hydrogen-bond donors (Lipinski definition) is 2. The van der Waals surface area contributed by atoms with Crippen LogP contribution >= 0.6 is 11.8 Å². The summed E-state index contributed by atoms with van der Waals surface area (Å²) in [4.78, 5) is 4.22. The average molecular weight is 325 g/mol. The molecule has 4 nitrogen and oxygen atoms in total. The van der Waals surface area contributed by atoms with Crippen molar-refractivity contribution in [2.24, 2.45) is 4.99 Å². The summed E-state index contributed by atoms with van der Waals surface area (Å²) < 4.78 is 18.9. The zero-order valence-corrected chi connectivity index (χ0v) is 14.2. The monoisotopic (exact) mass is 325 g/mol. The lowest BCUT2D eigenvalue weighted by Crippen LogP contribution is -2.43. The van der Waals surface area contributed by atoms with E-state index < -0.39 is 0 Å². The minimum Gasteiger partial charge on any atom is -0.494 e. The van der Waals surface area contributed by atoms with Gasteiger partial charge in [-0.15, -0.1) is 0 Å². The lowest BCUT2D eigenvalue weighted by Gasteiger charge is -2.24. The first-order valence-electron chi connectivity index (χ1n) is 7.47. The molecule has 1 aliphatic heterocycles. The van der Waals surface area contributed by atoms with Crippen molar-refractivity contribution in [2.75, 3.05) is 26.5 Å². The summed E-state index contributed by atoms with van der Waals surface area (Å²) in [7, 11) is 3.21. The number of benzene rings is 1. The van der Waals surface area contributed by atoms with Gasteiger partial charge in [-0.05, 0) is 43.2 Å². The molecule has 0 aliphatic carbocycles. The number of guanidine groups is 1. The minimum atomic E-state index is -0.348. The predicted octanol–water partition coefficient (Wildman–Crippen LogP) is 2.79. The summed E-state index contributed by atoms with van der Waals surface area (Å²) in [5.74, 6) is 1.89. The lowest BCUT2D eigenvalue weighted by molar-refractivity contribution is 0.386. The van der Waals surface area contributed by atoms with Crippen molar-refractivity contribution in [2.45, 2.75) is 31.1 Å². The maximum absolute atomic E-state index is 13.7. The highest BCUT2D eigenvalue weighted by atomic mass is 32.2. The van der Waals surface area contributed by atoms with Gasteiger partial charge < -0.3 is 15.4 Å². The second-order valence-corrected chi connectivity index (χ2v) is 7.33. The summed E-state index contributed by atoms with van der Waals surface area (Å²) in [5, 5.41) is 6.57. The van der Waals surface area contributed by atoms with Crippen molar-refractivity contribution in [3.05, 3.63) is 29.6 Å². The van der Waals surface area contributed by atoms with Crippen LogP contribution < -0.4 is 15.4 Å². The molecule has 122 valence electrons. The van der Waals surface area contributed by atoms with Crippen LogP contribution in [-0.4, -0.2) is 37.2 Å². The maximum Gasteiger partial charge on any atom is 0.191 e. The van der Waals surface area contributed by atoms with Gasteiger partial charge in [0.25, 0.3) is 0 Å². The number of nitrogens with zero attached hydrogens (tertiary/aromatic N) is 1. The van der Waals surface area contributed by atoms with Crippen molar-refractivity contribution < 1.29 is 9.13 Å². The first-order valence-corrected chi connectivity index (χ1v) is 8.46. The van der Waals surface area contributed by atoms with E-state index in [1.54, 1.807) is 13.1 Å². The van der Waals surface area contributed by atoms with Crippen molar-refractivity contribution in [3.63, 3.8) is 0 Å². The number of hydrogen-bond acceptors (Lipinski definition) is 3. The Kier molecular flexibility index (Phi) is 5.94. The summed E-state index contributed by atoms with van der Waals surface area (Å²) in [5.41, 5.74) is 0.850. The van der Waals surface area contributed by atoms with Gasteiger partial charge in [0.1, 0.15) is 0 Å². The second kappa shape index (κ2) is 7.72. The Labute approximate surface area is 135 Å². The number of halogens is 1. The first-order chi connectivity index (χ1) is 10.6. The van der Waals surface area contributed by atoms with Crippen LogP contribution in [0.1, 0.15) is 25.3 Å². The Morgan fingerprint density at radius 3 is 2.86 bits per heavy atom. The zero-order valence-electron chi connectivity index (χ0n) is 13.4. The fraction of sp³-hybridized carbons (Fsp3) is 0.562. The summed E-state index contributed by atoms with van der Waals surface area (Å²) >= 11 is 2.01. The molecule has 1 unspecified atom stereocenters. The quantitative estimate of drug-likeness (QED) is 0.645. The Morgan fingerprint density at radius 1 is 1.45 bits per heavy atom. The second-order valence-electron chi connectivity index (χ2n) is 5.65. The Morgan fingerprint density at radius 2 is 2.27 bits per heavy atom. The molecular formula is C16H24FN3OS. The fourth-order valence-electron chi connectivity index (χ4n) is 2.47. The van der Waals surface area contributed by atoms with Crippen LogP contribution in [0.5, 0.6) is 5.75 Å². The van der Waals surface area contributed by atoms with Crippen LogP contribution in [0.15, 0.2) is 23.2 Å². The van der Waals surface area contributed by atoms with E-state index in [2.05, 4.69) is 22.5 Å². The summed E-state index contributed by atoms with van der Waals surface area (Å²) in [6.45, 7) is 3.68. The third-order valence-corrected chi connectivity index (χ3v) is 5.37. The van der Waals surface area contributed by atoms with Crippen LogP contribution in [0, 0.1) is 5.82 Å². The van der Waals surface area contributed by atoms with E-state index in [1.807, 2.05) is 17.8 Å². The molecule has 1 heterocycles. The molecule has 1 aromatic carbocycles. The highest BCUT2D eigenvalue weighted by Crippen LogP contribution is 2.36. The summed E-state index contributed by atoms with van der Waals surface area (Å²) in [6, 6.07) is 4.96. The van der Waals surface area contributed by atoms with Crippen molar-refractivity contribution in [1.82, 2.24) is 10.6 Å². The molecule has 2 N–H and O–H groups in total.